The fourth-order valence-corrected chi connectivity index (χ4v) is 2.88. The predicted octanol–water partition coefficient (Wildman–Crippen LogP) is 1.88. The minimum Gasteiger partial charge on any atom is -0.383 e. The van der Waals surface area contributed by atoms with E-state index >= 15 is 0 Å². The van der Waals surface area contributed by atoms with E-state index in [2.05, 4.69) is 10.2 Å². The van der Waals surface area contributed by atoms with Crippen molar-refractivity contribution in [1.29, 1.82) is 0 Å². The summed E-state index contributed by atoms with van der Waals surface area (Å²) in [6, 6.07) is 0.884. The van der Waals surface area contributed by atoms with Crippen molar-refractivity contribution in [2.75, 3.05) is 39.9 Å². The topological polar surface area (TPSA) is 24.5 Å². The Morgan fingerprint density at radius 1 is 1.24 bits per heavy atom. The highest BCUT2D eigenvalue weighted by molar-refractivity contribution is 4.84. The van der Waals surface area contributed by atoms with Crippen molar-refractivity contribution in [1.82, 2.24) is 10.2 Å². The first-order chi connectivity index (χ1) is 8.40. The molecule has 0 aromatic rings. The molecule has 1 aliphatic heterocycles. The summed E-state index contributed by atoms with van der Waals surface area (Å²) in [4.78, 5) is 2.64. The number of hydrogen-bond acceptors (Lipinski definition) is 3. The fraction of sp³-hybridized carbons (Fsp3) is 1.00. The normalized spacial score (nSPS) is 25.4. The number of piperidine rings is 1. The standard InChI is InChI=1S/C14H28N2O/c1-17-11-10-16(14-6-7-14)9-3-5-13-4-2-8-15-12-13/h13-15H,2-12H2,1H3. The van der Waals surface area contributed by atoms with Gasteiger partial charge in [0.25, 0.3) is 0 Å². The molecule has 1 N–H and O–H groups in total. The number of methoxy groups -OCH3 is 1. The monoisotopic (exact) mass is 240 g/mol. The van der Waals surface area contributed by atoms with Gasteiger partial charge in [0.2, 0.25) is 0 Å². The Hall–Kier alpha value is -0.120. The van der Waals surface area contributed by atoms with Crippen molar-refractivity contribution in [2.45, 2.75) is 44.6 Å². The van der Waals surface area contributed by atoms with Crippen LogP contribution in [-0.2, 0) is 4.74 Å². The van der Waals surface area contributed by atoms with E-state index in [1.807, 2.05) is 0 Å². The molecular formula is C14H28N2O. The van der Waals surface area contributed by atoms with Gasteiger partial charge >= 0.3 is 0 Å². The van der Waals surface area contributed by atoms with Gasteiger partial charge in [0.15, 0.2) is 0 Å². The van der Waals surface area contributed by atoms with Crippen molar-refractivity contribution < 1.29 is 4.74 Å². The third-order valence-corrected chi connectivity index (χ3v) is 4.10. The molecule has 1 saturated carbocycles. The molecule has 2 fully saturated rings. The molecule has 0 aromatic carbocycles. The minimum absolute atomic E-state index is 0.884. The zero-order valence-electron chi connectivity index (χ0n) is 11.3. The van der Waals surface area contributed by atoms with Crippen LogP contribution in [0, 0.1) is 5.92 Å². The van der Waals surface area contributed by atoms with Crippen molar-refractivity contribution >= 4 is 0 Å². The molecule has 0 aromatic heterocycles. The summed E-state index contributed by atoms with van der Waals surface area (Å²) in [5.74, 6) is 0.937. The maximum absolute atomic E-state index is 5.19. The van der Waals surface area contributed by atoms with Crippen LogP contribution in [0.15, 0.2) is 0 Å². The number of nitrogens with one attached hydrogen (secondary N) is 1. The molecule has 17 heavy (non-hydrogen) atoms. The van der Waals surface area contributed by atoms with Gasteiger partial charge in [-0.15, -0.1) is 0 Å². The van der Waals surface area contributed by atoms with E-state index in [0.717, 1.165) is 25.1 Å². The second-order valence-corrected chi connectivity index (χ2v) is 5.61. The van der Waals surface area contributed by atoms with Gasteiger partial charge in [-0.2, -0.15) is 0 Å². The Kier molecular flexibility index (Phi) is 5.75. The van der Waals surface area contributed by atoms with Gasteiger partial charge in [0.05, 0.1) is 6.61 Å². The van der Waals surface area contributed by atoms with E-state index in [-0.39, 0.29) is 0 Å². The van der Waals surface area contributed by atoms with Gasteiger partial charge in [-0.1, -0.05) is 0 Å². The van der Waals surface area contributed by atoms with Gasteiger partial charge in [-0.05, 0) is 64.1 Å². The van der Waals surface area contributed by atoms with Crippen molar-refractivity contribution in [2.24, 2.45) is 5.92 Å². The first-order valence-corrected chi connectivity index (χ1v) is 7.34. The maximum atomic E-state index is 5.19. The van der Waals surface area contributed by atoms with Gasteiger partial charge < -0.3 is 10.1 Å². The lowest BCUT2D eigenvalue weighted by Crippen LogP contribution is -2.33. The minimum atomic E-state index is 0.884. The van der Waals surface area contributed by atoms with Gasteiger partial charge in [0.1, 0.15) is 0 Å². The number of nitrogens with zero attached hydrogens (tertiary/aromatic N) is 1. The summed E-state index contributed by atoms with van der Waals surface area (Å²) in [6.45, 7) is 5.79. The van der Waals surface area contributed by atoms with E-state index in [9.17, 15) is 0 Å². The molecule has 0 bridgehead atoms. The molecule has 3 heteroatoms. The Bertz CT molecular complexity index is 200. The highest BCUT2D eigenvalue weighted by atomic mass is 16.5. The third-order valence-electron chi connectivity index (χ3n) is 4.10. The van der Waals surface area contributed by atoms with E-state index in [1.165, 1.54) is 58.2 Å². The molecule has 100 valence electrons. The summed E-state index contributed by atoms with van der Waals surface area (Å²) in [5, 5.41) is 3.51. The van der Waals surface area contributed by atoms with Crippen molar-refractivity contribution in [3.8, 4) is 0 Å². The third kappa shape index (κ3) is 4.94. The van der Waals surface area contributed by atoms with E-state index < -0.39 is 0 Å². The molecule has 2 rings (SSSR count). The molecule has 1 saturated heterocycles. The summed E-state index contributed by atoms with van der Waals surface area (Å²) in [5.41, 5.74) is 0. The largest absolute Gasteiger partial charge is 0.383 e. The van der Waals surface area contributed by atoms with Gasteiger partial charge in [-0.3, -0.25) is 4.90 Å². The lowest BCUT2D eigenvalue weighted by atomic mass is 9.94. The van der Waals surface area contributed by atoms with E-state index in [0.29, 0.717) is 0 Å². The average molecular weight is 240 g/mol. The predicted molar refractivity (Wildman–Crippen MR) is 71.3 cm³/mol. The SMILES string of the molecule is COCCN(CCCC1CCCNC1)C1CC1. The highest BCUT2D eigenvalue weighted by Crippen LogP contribution is 2.27. The summed E-state index contributed by atoms with van der Waals surface area (Å²) in [6.07, 6.45) is 8.41. The van der Waals surface area contributed by atoms with Crippen LogP contribution in [0.3, 0.4) is 0 Å². The maximum Gasteiger partial charge on any atom is 0.0589 e. The highest BCUT2D eigenvalue weighted by Gasteiger charge is 2.28. The first-order valence-electron chi connectivity index (χ1n) is 7.34. The van der Waals surface area contributed by atoms with E-state index in [4.69, 9.17) is 4.74 Å². The molecule has 0 spiro atoms. The molecule has 3 nitrogen and oxygen atoms in total. The molecule has 1 atom stereocenters. The number of hydrogen-bond donors (Lipinski definition) is 1. The molecule has 1 unspecified atom stereocenters. The average Bonchev–Trinajstić information content (AvgIpc) is 3.19. The van der Waals surface area contributed by atoms with Crippen LogP contribution in [0.2, 0.25) is 0 Å². The van der Waals surface area contributed by atoms with Gasteiger partial charge in [-0.25, -0.2) is 0 Å². The zero-order valence-corrected chi connectivity index (χ0v) is 11.3. The lowest BCUT2D eigenvalue weighted by Gasteiger charge is -2.25. The van der Waals surface area contributed by atoms with Crippen LogP contribution in [0.4, 0.5) is 0 Å². The Labute approximate surface area is 106 Å². The lowest BCUT2D eigenvalue weighted by molar-refractivity contribution is 0.140. The van der Waals surface area contributed by atoms with Crippen molar-refractivity contribution in [3.05, 3.63) is 0 Å². The number of rotatable bonds is 8. The summed E-state index contributed by atoms with van der Waals surface area (Å²) >= 11 is 0. The van der Waals surface area contributed by atoms with Crippen LogP contribution >= 0.6 is 0 Å². The second kappa shape index (κ2) is 7.34. The smallest absolute Gasteiger partial charge is 0.0589 e. The van der Waals surface area contributed by atoms with E-state index in [1.54, 1.807) is 7.11 Å². The van der Waals surface area contributed by atoms with Gasteiger partial charge in [0, 0.05) is 19.7 Å². The Morgan fingerprint density at radius 2 is 2.12 bits per heavy atom. The van der Waals surface area contributed by atoms with Crippen LogP contribution in [0.25, 0.3) is 0 Å². The first kappa shape index (κ1) is 13.3. The van der Waals surface area contributed by atoms with Crippen LogP contribution in [0.5, 0.6) is 0 Å². The quantitative estimate of drug-likeness (QED) is 0.701. The molecule has 1 aliphatic carbocycles. The molecular weight excluding hydrogens is 212 g/mol. The Morgan fingerprint density at radius 3 is 2.76 bits per heavy atom. The number of ether oxygens (including phenoxy) is 1. The molecule has 1 heterocycles. The van der Waals surface area contributed by atoms with Crippen LogP contribution in [0.1, 0.15) is 38.5 Å². The summed E-state index contributed by atoms with van der Waals surface area (Å²) in [7, 11) is 1.80. The zero-order chi connectivity index (χ0) is 11.9. The van der Waals surface area contributed by atoms with Crippen molar-refractivity contribution in [3.63, 3.8) is 0 Å². The molecule has 0 radical (unpaired) electrons. The Balaban J connectivity index is 1.57. The summed E-state index contributed by atoms with van der Waals surface area (Å²) < 4.78 is 5.19. The van der Waals surface area contributed by atoms with Crippen LogP contribution < -0.4 is 5.32 Å². The second-order valence-electron chi connectivity index (χ2n) is 5.61. The van der Waals surface area contributed by atoms with Crippen LogP contribution in [-0.4, -0.2) is 50.8 Å². The molecule has 2 aliphatic rings. The molecule has 0 amide bonds. The fourth-order valence-electron chi connectivity index (χ4n) is 2.88.